The molecule has 0 aliphatic carbocycles. The predicted octanol–water partition coefficient (Wildman–Crippen LogP) is 5.71. The zero-order valence-electron chi connectivity index (χ0n) is 16.0. The Balaban J connectivity index is 1.57. The van der Waals surface area contributed by atoms with Gasteiger partial charge in [0.15, 0.2) is 0 Å². The maximum absolute atomic E-state index is 4.71. The third-order valence-corrected chi connectivity index (χ3v) is 5.06. The summed E-state index contributed by atoms with van der Waals surface area (Å²) in [4.78, 5) is 9.43. The molecule has 0 saturated heterocycles. The Hall–Kier alpha value is -3.26. The second kappa shape index (κ2) is 9.09. The molecular weight excluding hydrogens is 340 g/mol. The number of hydrogen-bond donors (Lipinski definition) is 0. The number of pyridine rings is 2. The predicted molar refractivity (Wildman–Crippen MR) is 115 cm³/mol. The number of benzene rings is 2. The maximum atomic E-state index is 4.71. The number of nitrogens with zero attached hydrogens (tertiary/aromatic N) is 2. The van der Waals surface area contributed by atoms with E-state index >= 15 is 0 Å². The van der Waals surface area contributed by atoms with Gasteiger partial charge in [-0.25, -0.2) is 0 Å². The zero-order chi connectivity index (χ0) is 19.0. The Morgan fingerprint density at radius 1 is 0.429 bits per heavy atom. The molecule has 2 aromatic carbocycles. The van der Waals surface area contributed by atoms with Gasteiger partial charge in [-0.2, -0.15) is 0 Å². The highest BCUT2D eigenvalue weighted by Crippen LogP contribution is 2.25. The molecule has 0 atom stereocenters. The van der Waals surface area contributed by atoms with Gasteiger partial charge in [-0.1, -0.05) is 72.8 Å². The van der Waals surface area contributed by atoms with E-state index < -0.39 is 0 Å². The minimum absolute atomic E-state index is 0.960. The van der Waals surface area contributed by atoms with Gasteiger partial charge < -0.3 is 0 Å². The largest absolute Gasteiger partial charge is 0.254 e. The van der Waals surface area contributed by atoms with E-state index in [0.717, 1.165) is 37.1 Å². The van der Waals surface area contributed by atoms with E-state index in [0.29, 0.717) is 0 Å². The van der Waals surface area contributed by atoms with Crippen molar-refractivity contribution in [2.24, 2.45) is 0 Å². The Bertz CT molecular complexity index is 926. The third-order valence-electron chi connectivity index (χ3n) is 5.06. The standard InChI is InChI=1S/C26H24N2/c1-3-9-21(10-4-1)15-17-23-13-7-19-27-25(23)26-24(14-8-20-28-26)18-16-22-11-5-2-6-12-22/h1-14,19-20H,15-18H2. The van der Waals surface area contributed by atoms with Gasteiger partial charge >= 0.3 is 0 Å². The summed E-state index contributed by atoms with van der Waals surface area (Å²) in [6.07, 6.45) is 7.68. The summed E-state index contributed by atoms with van der Waals surface area (Å²) >= 11 is 0. The molecule has 28 heavy (non-hydrogen) atoms. The highest BCUT2D eigenvalue weighted by molar-refractivity contribution is 5.62. The molecule has 0 unspecified atom stereocenters. The highest BCUT2D eigenvalue weighted by Gasteiger charge is 2.12. The molecule has 2 nitrogen and oxygen atoms in total. The topological polar surface area (TPSA) is 25.8 Å². The van der Waals surface area contributed by atoms with Crippen molar-refractivity contribution in [3.05, 3.63) is 120 Å². The monoisotopic (exact) mass is 364 g/mol. The lowest BCUT2D eigenvalue weighted by atomic mass is 9.97. The van der Waals surface area contributed by atoms with Crippen LogP contribution < -0.4 is 0 Å². The van der Waals surface area contributed by atoms with E-state index in [1.807, 2.05) is 24.5 Å². The van der Waals surface area contributed by atoms with Crippen LogP contribution in [-0.4, -0.2) is 9.97 Å². The van der Waals surface area contributed by atoms with E-state index in [1.165, 1.54) is 22.3 Å². The van der Waals surface area contributed by atoms with Gasteiger partial charge in [0, 0.05) is 12.4 Å². The van der Waals surface area contributed by atoms with Crippen molar-refractivity contribution >= 4 is 0 Å². The summed E-state index contributed by atoms with van der Waals surface area (Å²) in [6, 6.07) is 29.7. The fourth-order valence-electron chi connectivity index (χ4n) is 3.55. The van der Waals surface area contributed by atoms with Crippen molar-refractivity contribution in [2.45, 2.75) is 25.7 Å². The quantitative estimate of drug-likeness (QED) is 0.419. The van der Waals surface area contributed by atoms with Crippen molar-refractivity contribution in [2.75, 3.05) is 0 Å². The Morgan fingerprint density at radius 3 is 1.29 bits per heavy atom. The molecular formula is C26H24N2. The third kappa shape index (κ3) is 4.52. The van der Waals surface area contributed by atoms with Crippen molar-refractivity contribution in [1.82, 2.24) is 9.97 Å². The van der Waals surface area contributed by atoms with Gasteiger partial charge in [-0.3, -0.25) is 9.97 Å². The highest BCUT2D eigenvalue weighted by atomic mass is 14.8. The first-order valence-corrected chi connectivity index (χ1v) is 9.86. The summed E-state index contributed by atoms with van der Waals surface area (Å²) in [5.74, 6) is 0. The first-order chi connectivity index (χ1) is 13.9. The first kappa shape index (κ1) is 18.1. The summed E-state index contributed by atoms with van der Waals surface area (Å²) in [5, 5.41) is 0. The second-order valence-electron chi connectivity index (χ2n) is 6.99. The summed E-state index contributed by atoms with van der Waals surface area (Å²) in [5.41, 5.74) is 7.24. The SMILES string of the molecule is c1ccc(CCc2cccnc2-c2ncccc2CCc2ccccc2)cc1. The molecule has 0 amide bonds. The van der Waals surface area contributed by atoms with Gasteiger partial charge in [0.25, 0.3) is 0 Å². The van der Waals surface area contributed by atoms with Gasteiger partial charge in [-0.15, -0.1) is 0 Å². The molecule has 0 saturated carbocycles. The lowest BCUT2D eigenvalue weighted by Crippen LogP contribution is -2.02. The number of hydrogen-bond acceptors (Lipinski definition) is 2. The number of aromatic nitrogens is 2. The maximum Gasteiger partial charge on any atom is 0.0920 e. The van der Waals surface area contributed by atoms with E-state index in [4.69, 9.17) is 9.97 Å². The molecule has 0 N–H and O–H groups in total. The van der Waals surface area contributed by atoms with Crippen LogP contribution in [0, 0.1) is 0 Å². The first-order valence-electron chi connectivity index (χ1n) is 9.86. The lowest BCUT2D eigenvalue weighted by Gasteiger charge is -2.12. The van der Waals surface area contributed by atoms with Crippen molar-refractivity contribution in [3.8, 4) is 11.4 Å². The van der Waals surface area contributed by atoms with Crippen molar-refractivity contribution < 1.29 is 0 Å². The van der Waals surface area contributed by atoms with Crippen LogP contribution >= 0.6 is 0 Å². The van der Waals surface area contributed by atoms with Crippen LogP contribution in [-0.2, 0) is 25.7 Å². The van der Waals surface area contributed by atoms with E-state index in [2.05, 4.69) is 72.8 Å². The molecule has 0 bridgehead atoms. The fourth-order valence-corrected chi connectivity index (χ4v) is 3.55. The van der Waals surface area contributed by atoms with E-state index in [1.54, 1.807) is 0 Å². The van der Waals surface area contributed by atoms with E-state index in [-0.39, 0.29) is 0 Å². The van der Waals surface area contributed by atoms with Crippen LogP contribution in [0.4, 0.5) is 0 Å². The molecule has 2 aromatic heterocycles. The lowest BCUT2D eigenvalue weighted by molar-refractivity contribution is 0.933. The molecule has 2 heterocycles. The normalized spacial score (nSPS) is 10.7. The van der Waals surface area contributed by atoms with Gasteiger partial charge in [0.1, 0.15) is 0 Å². The fraction of sp³-hybridized carbons (Fsp3) is 0.154. The Kier molecular flexibility index (Phi) is 5.89. The van der Waals surface area contributed by atoms with Crippen LogP contribution in [0.2, 0.25) is 0 Å². The van der Waals surface area contributed by atoms with Crippen LogP contribution in [0.5, 0.6) is 0 Å². The Morgan fingerprint density at radius 2 is 0.857 bits per heavy atom. The number of rotatable bonds is 7. The van der Waals surface area contributed by atoms with Gasteiger partial charge in [-0.05, 0) is 60.1 Å². The number of aryl methyl sites for hydroxylation is 4. The minimum atomic E-state index is 0.960. The minimum Gasteiger partial charge on any atom is -0.254 e. The Labute approximate surface area is 167 Å². The average Bonchev–Trinajstić information content (AvgIpc) is 2.78. The zero-order valence-corrected chi connectivity index (χ0v) is 16.0. The second-order valence-corrected chi connectivity index (χ2v) is 6.99. The molecule has 0 aliphatic heterocycles. The molecule has 0 spiro atoms. The molecule has 0 radical (unpaired) electrons. The van der Waals surface area contributed by atoms with Crippen LogP contribution in [0.15, 0.2) is 97.3 Å². The molecule has 2 heteroatoms. The van der Waals surface area contributed by atoms with Crippen LogP contribution in [0.3, 0.4) is 0 Å². The van der Waals surface area contributed by atoms with Crippen molar-refractivity contribution in [1.29, 1.82) is 0 Å². The van der Waals surface area contributed by atoms with Gasteiger partial charge in [0.05, 0.1) is 11.4 Å². The summed E-state index contributed by atoms with van der Waals surface area (Å²) < 4.78 is 0. The molecule has 4 rings (SSSR count). The summed E-state index contributed by atoms with van der Waals surface area (Å²) in [7, 11) is 0. The van der Waals surface area contributed by atoms with Gasteiger partial charge in [0.2, 0.25) is 0 Å². The molecule has 0 fully saturated rings. The average molecular weight is 364 g/mol. The summed E-state index contributed by atoms with van der Waals surface area (Å²) in [6.45, 7) is 0. The smallest absolute Gasteiger partial charge is 0.0920 e. The van der Waals surface area contributed by atoms with E-state index in [9.17, 15) is 0 Å². The van der Waals surface area contributed by atoms with Crippen molar-refractivity contribution in [3.63, 3.8) is 0 Å². The molecule has 4 aromatic rings. The van der Waals surface area contributed by atoms with Crippen LogP contribution in [0.25, 0.3) is 11.4 Å². The molecule has 138 valence electrons. The molecule has 0 aliphatic rings. The van der Waals surface area contributed by atoms with Crippen LogP contribution in [0.1, 0.15) is 22.3 Å².